The van der Waals surface area contributed by atoms with Crippen LogP contribution in [-0.2, 0) is 6.42 Å². The molecule has 4 nitrogen and oxygen atoms in total. The van der Waals surface area contributed by atoms with E-state index in [9.17, 15) is 5.11 Å². The first kappa shape index (κ1) is 10.6. The van der Waals surface area contributed by atoms with E-state index in [1.165, 1.54) is 0 Å². The zero-order chi connectivity index (χ0) is 12.0. The lowest BCUT2D eigenvalue weighted by molar-refractivity contribution is 0.0987. The summed E-state index contributed by atoms with van der Waals surface area (Å²) in [7, 11) is 0. The molecule has 0 aromatic carbocycles. The number of aromatic nitrogens is 2. The molecule has 0 saturated heterocycles. The highest BCUT2D eigenvalue weighted by Gasteiger charge is 2.33. The van der Waals surface area contributed by atoms with Gasteiger partial charge in [-0.3, -0.25) is 0 Å². The Morgan fingerprint density at radius 3 is 3.06 bits per heavy atom. The maximum atomic E-state index is 10.2. The van der Waals surface area contributed by atoms with Crippen LogP contribution in [0.2, 0.25) is 0 Å². The number of nitrogens with zero attached hydrogens (tertiary/aromatic N) is 2. The number of aliphatic hydroxyl groups is 1. The molecule has 2 aromatic rings. The summed E-state index contributed by atoms with van der Waals surface area (Å²) >= 11 is 0. The number of hydrogen-bond acceptors (Lipinski definition) is 3. The van der Waals surface area contributed by atoms with Crippen LogP contribution in [-0.4, -0.2) is 14.8 Å². The number of aliphatic hydroxyl groups excluding tert-OH is 1. The van der Waals surface area contributed by atoms with Crippen LogP contribution in [0.15, 0.2) is 29.2 Å². The van der Waals surface area contributed by atoms with Crippen molar-refractivity contribution >= 4 is 0 Å². The molecule has 90 valence electrons. The van der Waals surface area contributed by atoms with E-state index in [0.29, 0.717) is 0 Å². The molecule has 1 unspecified atom stereocenters. The highest BCUT2D eigenvalue weighted by molar-refractivity contribution is 5.37. The van der Waals surface area contributed by atoms with E-state index >= 15 is 0 Å². The Morgan fingerprint density at radius 2 is 2.35 bits per heavy atom. The Hall–Kier alpha value is -1.55. The van der Waals surface area contributed by atoms with Gasteiger partial charge in [0.2, 0.25) is 0 Å². The number of fused-ring (bicyclic) bond motifs is 1. The number of rotatable bonds is 1. The SMILES string of the molecule is CC1(C)Cc2c(ccn2-c2cnoc2)C(O)C1. The molecule has 1 aliphatic carbocycles. The van der Waals surface area contributed by atoms with Gasteiger partial charge in [0, 0.05) is 17.5 Å². The van der Waals surface area contributed by atoms with Gasteiger partial charge in [-0.15, -0.1) is 0 Å². The standard InChI is InChI=1S/C13H16N2O2/c1-13(2)5-11-10(12(16)6-13)3-4-15(11)9-7-14-17-8-9/h3-4,7-8,12,16H,5-6H2,1-2H3. The summed E-state index contributed by atoms with van der Waals surface area (Å²) in [6.07, 6.45) is 6.69. The van der Waals surface area contributed by atoms with Crippen molar-refractivity contribution in [2.75, 3.05) is 0 Å². The van der Waals surface area contributed by atoms with Gasteiger partial charge in [-0.05, 0) is 24.3 Å². The molecule has 0 aliphatic heterocycles. The van der Waals surface area contributed by atoms with Gasteiger partial charge >= 0.3 is 0 Å². The topological polar surface area (TPSA) is 51.2 Å². The second-order valence-electron chi connectivity index (χ2n) is 5.53. The zero-order valence-electron chi connectivity index (χ0n) is 10.1. The molecule has 4 heteroatoms. The maximum Gasteiger partial charge on any atom is 0.147 e. The van der Waals surface area contributed by atoms with Gasteiger partial charge in [0.25, 0.3) is 0 Å². The third-order valence-corrected chi connectivity index (χ3v) is 3.48. The van der Waals surface area contributed by atoms with Crippen molar-refractivity contribution < 1.29 is 9.63 Å². The molecule has 1 atom stereocenters. The molecule has 2 aromatic heterocycles. The molecule has 0 spiro atoms. The van der Waals surface area contributed by atoms with Crippen LogP contribution in [0.25, 0.3) is 5.69 Å². The van der Waals surface area contributed by atoms with Crippen molar-refractivity contribution in [2.24, 2.45) is 5.41 Å². The Balaban J connectivity index is 2.11. The summed E-state index contributed by atoms with van der Waals surface area (Å²) in [5.74, 6) is 0. The van der Waals surface area contributed by atoms with Crippen LogP contribution in [0, 0.1) is 5.41 Å². The fraction of sp³-hybridized carbons (Fsp3) is 0.462. The van der Waals surface area contributed by atoms with Gasteiger partial charge in [0.1, 0.15) is 12.0 Å². The minimum absolute atomic E-state index is 0.125. The molecule has 1 N–H and O–H groups in total. The first-order chi connectivity index (χ1) is 8.07. The average Bonchev–Trinajstić information content (AvgIpc) is 2.82. The van der Waals surface area contributed by atoms with Gasteiger partial charge in [-0.1, -0.05) is 19.0 Å². The predicted molar refractivity (Wildman–Crippen MR) is 62.9 cm³/mol. The highest BCUT2D eigenvalue weighted by atomic mass is 16.5. The Morgan fingerprint density at radius 1 is 1.53 bits per heavy atom. The van der Waals surface area contributed by atoms with Crippen LogP contribution in [0.1, 0.15) is 37.6 Å². The second kappa shape index (κ2) is 3.47. The Labute approximate surface area is 99.9 Å². The minimum Gasteiger partial charge on any atom is -0.388 e. The minimum atomic E-state index is -0.366. The van der Waals surface area contributed by atoms with Crippen molar-refractivity contribution in [3.05, 3.63) is 36.0 Å². The van der Waals surface area contributed by atoms with Crippen LogP contribution in [0.3, 0.4) is 0 Å². The predicted octanol–water partition coefficient (Wildman–Crippen LogP) is 2.47. The largest absolute Gasteiger partial charge is 0.388 e. The van der Waals surface area contributed by atoms with Crippen LogP contribution in [0.5, 0.6) is 0 Å². The molecular weight excluding hydrogens is 216 g/mol. The van der Waals surface area contributed by atoms with E-state index in [0.717, 1.165) is 29.8 Å². The van der Waals surface area contributed by atoms with Gasteiger partial charge in [-0.2, -0.15) is 0 Å². The summed E-state index contributed by atoms with van der Waals surface area (Å²) < 4.78 is 6.93. The van der Waals surface area contributed by atoms with Gasteiger partial charge < -0.3 is 14.2 Å². The van der Waals surface area contributed by atoms with E-state index in [-0.39, 0.29) is 11.5 Å². The lowest BCUT2D eigenvalue weighted by atomic mass is 9.75. The monoisotopic (exact) mass is 232 g/mol. The van der Waals surface area contributed by atoms with E-state index < -0.39 is 0 Å². The quantitative estimate of drug-likeness (QED) is 0.821. The maximum absolute atomic E-state index is 10.2. The highest BCUT2D eigenvalue weighted by Crippen LogP contribution is 2.41. The van der Waals surface area contributed by atoms with Crippen molar-refractivity contribution in [3.8, 4) is 5.69 Å². The van der Waals surface area contributed by atoms with E-state index in [1.54, 1.807) is 12.5 Å². The normalized spacial score (nSPS) is 22.4. The van der Waals surface area contributed by atoms with E-state index in [4.69, 9.17) is 4.52 Å². The van der Waals surface area contributed by atoms with Crippen LogP contribution < -0.4 is 0 Å². The van der Waals surface area contributed by atoms with Crippen molar-refractivity contribution in [1.29, 1.82) is 0 Å². The summed E-state index contributed by atoms with van der Waals surface area (Å²) in [6, 6.07) is 1.99. The van der Waals surface area contributed by atoms with Crippen LogP contribution >= 0.6 is 0 Å². The lowest BCUT2D eigenvalue weighted by Crippen LogP contribution is -2.26. The molecule has 0 bridgehead atoms. The Kier molecular flexibility index (Phi) is 2.16. The van der Waals surface area contributed by atoms with Gasteiger partial charge in [0.05, 0.1) is 12.3 Å². The fourth-order valence-electron chi connectivity index (χ4n) is 2.69. The van der Waals surface area contributed by atoms with Crippen molar-refractivity contribution in [2.45, 2.75) is 32.8 Å². The first-order valence-corrected chi connectivity index (χ1v) is 5.85. The third-order valence-electron chi connectivity index (χ3n) is 3.48. The first-order valence-electron chi connectivity index (χ1n) is 5.85. The molecule has 17 heavy (non-hydrogen) atoms. The fourth-order valence-corrected chi connectivity index (χ4v) is 2.69. The average molecular weight is 232 g/mol. The summed E-state index contributed by atoms with van der Waals surface area (Å²) in [5.41, 5.74) is 3.23. The summed E-state index contributed by atoms with van der Waals surface area (Å²) in [4.78, 5) is 0. The summed E-state index contributed by atoms with van der Waals surface area (Å²) in [5, 5.41) is 13.9. The van der Waals surface area contributed by atoms with E-state index in [1.807, 2.05) is 12.3 Å². The molecule has 0 radical (unpaired) electrons. The van der Waals surface area contributed by atoms with Gasteiger partial charge in [-0.25, -0.2) is 0 Å². The molecule has 0 saturated carbocycles. The van der Waals surface area contributed by atoms with Gasteiger partial charge in [0.15, 0.2) is 0 Å². The summed E-state index contributed by atoms with van der Waals surface area (Å²) in [6.45, 7) is 4.37. The molecule has 0 fully saturated rings. The molecule has 1 aliphatic rings. The second-order valence-corrected chi connectivity index (χ2v) is 5.53. The lowest BCUT2D eigenvalue weighted by Gasteiger charge is -2.33. The Bertz CT molecular complexity index is 526. The van der Waals surface area contributed by atoms with E-state index in [2.05, 4.69) is 23.6 Å². The molecule has 3 rings (SSSR count). The van der Waals surface area contributed by atoms with Crippen LogP contribution in [0.4, 0.5) is 0 Å². The third kappa shape index (κ3) is 1.69. The molecule has 0 amide bonds. The number of hydrogen-bond donors (Lipinski definition) is 1. The van der Waals surface area contributed by atoms with Crippen molar-refractivity contribution in [3.63, 3.8) is 0 Å². The zero-order valence-corrected chi connectivity index (χ0v) is 10.1. The molecular formula is C13H16N2O2. The van der Waals surface area contributed by atoms with Crippen molar-refractivity contribution in [1.82, 2.24) is 9.72 Å². The smallest absolute Gasteiger partial charge is 0.147 e. The molecule has 2 heterocycles.